The molecule has 0 unspecified atom stereocenters. The Morgan fingerprint density at radius 1 is 1.25 bits per heavy atom. The van der Waals surface area contributed by atoms with Crippen molar-refractivity contribution in [3.05, 3.63) is 46.1 Å². The smallest absolute Gasteiger partial charge is 0.225 e. The number of aromatic nitrogens is 2. The van der Waals surface area contributed by atoms with Gasteiger partial charge in [0.25, 0.3) is 0 Å². The average molecular weight is 368 g/mol. The van der Waals surface area contributed by atoms with Crippen LogP contribution in [0.4, 0.5) is 5.95 Å². The first-order valence-electron chi connectivity index (χ1n) is 7.77. The fourth-order valence-corrected chi connectivity index (χ4v) is 3.62. The van der Waals surface area contributed by atoms with Crippen molar-refractivity contribution in [2.75, 3.05) is 32.2 Å². The van der Waals surface area contributed by atoms with Crippen LogP contribution in [-0.4, -0.2) is 36.8 Å². The summed E-state index contributed by atoms with van der Waals surface area (Å²) in [5.41, 5.74) is 0.930. The van der Waals surface area contributed by atoms with Gasteiger partial charge in [-0.25, -0.2) is 4.98 Å². The van der Waals surface area contributed by atoms with Crippen molar-refractivity contribution in [3.8, 4) is 5.88 Å². The minimum absolute atomic E-state index is 0.146. The lowest BCUT2D eigenvalue weighted by Gasteiger charge is -2.38. The molecule has 2 heterocycles. The number of hydrogen-bond acceptors (Lipinski definition) is 5. The van der Waals surface area contributed by atoms with Gasteiger partial charge in [-0.15, -0.1) is 0 Å². The summed E-state index contributed by atoms with van der Waals surface area (Å²) >= 11 is 12.5. The summed E-state index contributed by atoms with van der Waals surface area (Å²) in [6.07, 6.45) is 3.40. The van der Waals surface area contributed by atoms with E-state index in [1.165, 1.54) is 0 Å². The monoisotopic (exact) mass is 367 g/mol. The topological polar surface area (TPSA) is 56.3 Å². The fourth-order valence-electron chi connectivity index (χ4n) is 3.01. The quantitative estimate of drug-likeness (QED) is 0.866. The second kappa shape index (κ2) is 7.55. The molecule has 0 atom stereocenters. The maximum absolute atomic E-state index is 6.48. The van der Waals surface area contributed by atoms with Crippen molar-refractivity contribution in [1.29, 1.82) is 0 Å². The summed E-state index contributed by atoms with van der Waals surface area (Å²) in [5, 5.41) is 4.63. The van der Waals surface area contributed by atoms with Crippen LogP contribution in [0.1, 0.15) is 18.4 Å². The Hall–Kier alpha value is -1.56. The van der Waals surface area contributed by atoms with Crippen LogP contribution < -0.4 is 10.1 Å². The molecule has 1 N–H and O–H groups in total. The van der Waals surface area contributed by atoms with E-state index in [1.54, 1.807) is 25.4 Å². The number of nitrogens with zero attached hydrogens (tertiary/aromatic N) is 2. The fraction of sp³-hybridized carbons (Fsp3) is 0.412. The van der Waals surface area contributed by atoms with Gasteiger partial charge >= 0.3 is 0 Å². The lowest BCUT2D eigenvalue weighted by molar-refractivity contribution is 0.0543. The molecule has 1 aromatic heterocycles. The number of methoxy groups -OCH3 is 1. The summed E-state index contributed by atoms with van der Waals surface area (Å²) in [4.78, 5) is 8.55. The highest BCUT2D eigenvalue weighted by atomic mass is 35.5. The van der Waals surface area contributed by atoms with Crippen molar-refractivity contribution in [2.45, 2.75) is 18.3 Å². The van der Waals surface area contributed by atoms with Crippen molar-refractivity contribution in [2.24, 2.45) is 0 Å². The van der Waals surface area contributed by atoms with Crippen molar-refractivity contribution in [3.63, 3.8) is 0 Å². The van der Waals surface area contributed by atoms with Gasteiger partial charge in [0, 0.05) is 47.5 Å². The van der Waals surface area contributed by atoms with Gasteiger partial charge in [-0.2, -0.15) is 4.98 Å². The summed E-state index contributed by atoms with van der Waals surface area (Å²) in [5.74, 6) is 1.06. The van der Waals surface area contributed by atoms with Crippen molar-refractivity contribution < 1.29 is 9.47 Å². The second-order valence-electron chi connectivity index (χ2n) is 5.79. The zero-order valence-electron chi connectivity index (χ0n) is 13.4. The summed E-state index contributed by atoms with van der Waals surface area (Å²) < 4.78 is 10.7. The van der Waals surface area contributed by atoms with Crippen LogP contribution in [0.15, 0.2) is 30.5 Å². The maximum atomic E-state index is 6.48. The summed E-state index contributed by atoms with van der Waals surface area (Å²) in [6, 6.07) is 7.38. The Bertz CT molecular complexity index is 706. The number of ether oxygens (including phenoxy) is 2. The Kier molecular flexibility index (Phi) is 5.43. The molecule has 24 heavy (non-hydrogen) atoms. The number of rotatable bonds is 5. The lowest BCUT2D eigenvalue weighted by Crippen LogP contribution is -2.40. The first-order chi connectivity index (χ1) is 11.6. The largest absolute Gasteiger partial charge is 0.481 e. The highest BCUT2D eigenvalue weighted by molar-refractivity contribution is 6.35. The van der Waals surface area contributed by atoms with Crippen LogP contribution in [-0.2, 0) is 10.2 Å². The van der Waals surface area contributed by atoms with E-state index in [9.17, 15) is 0 Å². The molecule has 0 bridgehead atoms. The number of hydrogen-bond donors (Lipinski definition) is 1. The normalized spacial score (nSPS) is 16.6. The second-order valence-corrected chi connectivity index (χ2v) is 6.64. The lowest BCUT2D eigenvalue weighted by atomic mass is 9.74. The molecule has 0 amide bonds. The SMILES string of the molecule is COc1ccnc(NCC2(c3ccc(Cl)cc3Cl)CCOCC2)n1. The molecule has 1 aromatic carbocycles. The van der Waals surface area contributed by atoms with E-state index in [1.807, 2.05) is 12.1 Å². The standard InChI is InChI=1S/C17H19Cl2N3O2/c1-23-15-4-7-20-16(22-15)21-11-17(5-8-24-9-6-17)13-3-2-12(18)10-14(13)19/h2-4,7,10H,5-6,8-9,11H2,1H3,(H,20,21,22). The Balaban J connectivity index is 1.85. The minimum Gasteiger partial charge on any atom is -0.481 e. The Morgan fingerprint density at radius 3 is 2.75 bits per heavy atom. The minimum atomic E-state index is -0.146. The molecule has 7 heteroatoms. The van der Waals surface area contributed by atoms with Gasteiger partial charge < -0.3 is 14.8 Å². The van der Waals surface area contributed by atoms with Gasteiger partial charge in [-0.3, -0.25) is 0 Å². The van der Waals surface area contributed by atoms with E-state index < -0.39 is 0 Å². The molecule has 128 valence electrons. The third-order valence-corrected chi connectivity index (χ3v) is 4.92. The molecule has 1 saturated heterocycles. The first-order valence-corrected chi connectivity index (χ1v) is 8.53. The van der Waals surface area contributed by atoms with E-state index >= 15 is 0 Å². The van der Waals surface area contributed by atoms with E-state index in [0.29, 0.717) is 41.6 Å². The molecule has 0 saturated carbocycles. The summed E-state index contributed by atoms with van der Waals surface area (Å²) in [6.45, 7) is 2.05. The molecular weight excluding hydrogens is 349 g/mol. The van der Waals surface area contributed by atoms with Crippen molar-refractivity contribution >= 4 is 29.2 Å². The Labute approximate surface area is 151 Å². The van der Waals surface area contributed by atoms with Gasteiger partial charge in [0.05, 0.1) is 7.11 Å². The molecule has 3 rings (SSSR count). The highest BCUT2D eigenvalue weighted by Gasteiger charge is 2.36. The number of nitrogens with one attached hydrogen (secondary N) is 1. The Morgan fingerprint density at radius 2 is 2.04 bits per heavy atom. The van der Waals surface area contributed by atoms with E-state index in [4.69, 9.17) is 32.7 Å². The molecule has 1 fully saturated rings. The third kappa shape index (κ3) is 3.74. The van der Waals surface area contributed by atoms with Gasteiger partial charge in [-0.05, 0) is 30.5 Å². The van der Waals surface area contributed by atoms with Crippen LogP contribution in [0.2, 0.25) is 10.0 Å². The van der Waals surface area contributed by atoms with Gasteiger partial charge in [0.1, 0.15) is 0 Å². The molecule has 0 radical (unpaired) electrons. The number of benzene rings is 1. The number of halogens is 2. The molecule has 1 aliphatic rings. The van der Waals surface area contributed by atoms with Gasteiger partial charge in [0.15, 0.2) is 0 Å². The van der Waals surface area contributed by atoms with E-state index in [2.05, 4.69) is 15.3 Å². The summed E-state index contributed by atoms with van der Waals surface area (Å²) in [7, 11) is 1.58. The first kappa shape index (κ1) is 17.3. The maximum Gasteiger partial charge on any atom is 0.225 e. The molecule has 1 aliphatic heterocycles. The molecule has 0 aliphatic carbocycles. The van der Waals surface area contributed by atoms with E-state index in [0.717, 1.165) is 18.4 Å². The third-order valence-electron chi connectivity index (χ3n) is 4.38. The molecular formula is C17H19Cl2N3O2. The average Bonchev–Trinajstić information content (AvgIpc) is 2.61. The van der Waals surface area contributed by atoms with Crippen molar-refractivity contribution in [1.82, 2.24) is 9.97 Å². The predicted molar refractivity (Wildman–Crippen MR) is 95.3 cm³/mol. The predicted octanol–water partition coefficient (Wildman–Crippen LogP) is 3.95. The van der Waals surface area contributed by atoms with Gasteiger partial charge in [-0.1, -0.05) is 29.3 Å². The molecule has 0 spiro atoms. The van der Waals surface area contributed by atoms with E-state index in [-0.39, 0.29) is 5.41 Å². The van der Waals surface area contributed by atoms with Crippen LogP contribution >= 0.6 is 23.2 Å². The number of anilines is 1. The van der Waals surface area contributed by atoms with Crippen LogP contribution in [0, 0.1) is 0 Å². The molecule has 2 aromatic rings. The van der Waals surface area contributed by atoms with Crippen LogP contribution in [0.25, 0.3) is 0 Å². The zero-order valence-corrected chi connectivity index (χ0v) is 14.9. The van der Waals surface area contributed by atoms with Crippen LogP contribution in [0.3, 0.4) is 0 Å². The highest BCUT2D eigenvalue weighted by Crippen LogP contribution is 2.39. The van der Waals surface area contributed by atoms with Gasteiger partial charge in [0.2, 0.25) is 11.8 Å². The van der Waals surface area contributed by atoms with Crippen LogP contribution in [0.5, 0.6) is 5.88 Å². The zero-order chi connectivity index (χ0) is 17.0. The molecule has 5 nitrogen and oxygen atoms in total.